The second-order valence-corrected chi connectivity index (χ2v) is 15.3. The average Bonchev–Trinajstić information content (AvgIpc) is 3.64. The lowest BCUT2D eigenvalue weighted by Gasteiger charge is -2.30. The third-order valence-electron chi connectivity index (χ3n) is 10.9. The molecule has 0 saturated carbocycles. The van der Waals surface area contributed by atoms with Crippen LogP contribution in [0.5, 0.6) is 0 Å². The standard InChI is InChI=1S/C51H37N3S/c1-2-42-49(36-14-8-4-9-15-36)53-51(37-16-10-5-11-17-37)54-50(42)41-23-27-44-43-26-22-39(31-47(43)55-48(44)32-41)38-24-28-46-40(30-38)25-29-45(52-46)35-20-18-34(19-21-35)33-12-6-3-7-13-33/h3-32,42,49H,2H2,1H3. The largest absolute Gasteiger partial charge is 0.257 e. The summed E-state index contributed by atoms with van der Waals surface area (Å²) in [5.41, 5.74) is 12.5. The summed E-state index contributed by atoms with van der Waals surface area (Å²) >= 11 is 1.86. The Kier molecular flexibility index (Phi) is 8.46. The molecule has 10 rings (SSSR count). The van der Waals surface area contributed by atoms with Crippen molar-refractivity contribution in [1.29, 1.82) is 0 Å². The highest BCUT2D eigenvalue weighted by Gasteiger charge is 2.32. The van der Waals surface area contributed by atoms with E-state index in [1.165, 1.54) is 53.6 Å². The van der Waals surface area contributed by atoms with Crippen LogP contribution in [0.25, 0.3) is 64.6 Å². The van der Waals surface area contributed by atoms with Crippen LogP contribution in [0.3, 0.4) is 0 Å². The van der Waals surface area contributed by atoms with Gasteiger partial charge >= 0.3 is 0 Å². The molecule has 7 aromatic carbocycles. The monoisotopic (exact) mass is 723 g/mol. The summed E-state index contributed by atoms with van der Waals surface area (Å²) in [6.45, 7) is 2.26. The normalized spacial score (nSPS) is 15.7. The summed E-state index contributed by atoms with van der Waals surface area (Å²) in [7, 11) is 0. The van der Waals surface area contributed by atoms with E-state index in [4.69, 9.17) is 15.0 Å². The highest BCUT2D eigenvalue weighted by Crippen LogP contribution is 2.40. The van der Waals surface area contributed by atoms with Crippen molar-refractivity contribution < 1.29 is 0 Å². The zero-order valence-corrected chi connectivity index (χ0v) is 31.2. The van der Waals surface area contributed by atoms with Gasteiger partial charge in [0.1, 0.15) is 0 Å². The van der Waals surface area contributed by atoms with E-state index in [1.54, 1.807) is 0 Å². The highest BCUT2D eigenvalue weighted by atomic mass is 32.1. The number of fused-ring (bicyclic) bond motifs is 4. The number of nitrogens with zero attached hydrogens (tertiary/aromatic N) is 3. The van der Waals surface area contributed by atoms with Gasteiger partial charge in [-0.1, -0.05) is 159 Å². The van der Waals surface area contributed by atoms with Gasteiger partial charge in [-0.25, -0.2) is 9.98 Å². The lowest BCUT2D eigenvalue weighted by molar-refractivity contribution is 0.532. The van der Waals surface area contributed by atoms with Crippen LogP contribution < -0.4 is 0 Å². The first-order valence-corrected chi connectivity index (χ1v) is 19.8. The number of hydrogen-bond acceptors (Lipinski definition) is 4. The molecule has 55 heavy (non-hydrogen) atoms. The fourth-order valence-corrected chi connectivity index (χ4v) is 9.21. The Hall–Kier alpha value is -6.49. The lowest BCUT2D eigenvalue weighted by atomic mass is 9.83. The molecule has 0 aliphatic carbocycles. The quantitative estimate of drug-likeness (QED) is 0.161. The fraction of sp³-hybridized carbons (Fsp3) is 0.0784. The number of rotatable bonds is 7. The van der Waals surface area contributed by atoms with Gasteiger partial charge in [0.2, 0.25) is 0 Å². The van der Waals surface area contributed by atoms with Crippen molar-refractivity contribution in [2.24, 2.45) is 15.9 Å². The van der Waals surface area contributed by atoms with Gasteiger partial charge in [0.15, 0.2) is 5.84 Å². The predicted molar refractivity (Wildman–Crippen MR) is 233 cm³/mol. The minimum absolute atomic E-state index is 0.00443. The van der Waals surface area contributed by atoms with E-state index in [9.17, 15) is 0 Å². The van der Waals surface area contributed by atoms with Gasteiger partial charge in [0.05, 0.1) is 23.0 Å². The summed E-state index contributed by atoms with van der Waals surface area (Å²) in [5, 5.41) is 3.70. The SMILES string of the molecule is CCC1C(c2ccc3c(c2)sc2cc(-c4ccc5nc(-c6ccc(-c7ccccc7)cc6)ccc5c4)ccc23)=NC(c2ccccc2)=NC1c1ccccc1. The predicted octanol–water partition coefficient (Wildman–Crippen LogP) is 13.6. The molecule has 2 unspecified atom stereocenters. The van der Waals surface area contributed by atoms with Crippen molar-refractivity contribution in [3.63, 3.8) is 0 Å². The van der Waals surface area contributed by atoms with Gasteiger partial charge in [0, 0.05) is 42.6 Å². The van der Waals surface area contributed by atoms with Crippen molar-refractivity contribution >= 4 is 54.0 Å². The number of hydrogen-bond donors (Lipinski definition) is 0. The minimum Gasteiger partial charge on any atom is -0.257 e. The van der Waals surface area contributed by atoms with Crippen LogP contribution in [-0.4, -0.2) is 16.5 Å². The molecule has 3 heterocycles. The second-order valence-electron chi connectivity index (χ2n) is 14.3. The first-order chi connectivity index (χ1) is 27.2. The van der Waals surface area contributed by atoms with Gasteiger partial charge in [-0.3, -0.25) is 4.99 Å². The molecular weight excluding hydrogens is 687 g/mol. The smallest absolute Gasteiger partial charge is 0.155 e. The molecule has 2 aromatic heterocycles. The first kappa shape index (κ1) is 33.1. The third-order valence-corrected chi connectivity index (χ3v) is 12.0. The van der Waals surface area contributed by atoms with Crippen LogP contribution >= 0.6 is 11.3 Å². The van der Waals surface area contributed by atoms with Crippen LogP contribution in [0.15, 0.2) is 192 Å². The molecule has 9 aromatic rings. The zero-order valence-electron chi connectivity index (χ0n) is 30.4. The maximum Gasteiger partial charge on any atom is 0.155 e. The van der Waals surface area contributed by atoms with E-state index in [2.05, 4.69) is 177 Å². The third kappa shape index (κ3) is 6.25. The summed E-state index contributed by atoms with van der Waals surface area (Å²) in [5.74, 6) is 0.974. The van der Waals surface area contributed by atoms with Gasteiger partial charge in [-0.15, -0.1) is 11.3 Å². The molecule has 1 aliphatic rings. The molecule has 0 bridgehead atoms. The zero-order chi connectivity index (χ0) is 36.7. The van der Waals surface area contributed by atoms with Crippen LogP contribution in [0, 0.1) is 5.92 Å². The molecule has 0 radical (unpaired) electrons. The Morgan fingerprint density at radius 2 is 1.05 bits per heavy atom. The number of thiophene rings is 1. The van der Waals surface area contributed by atoms with E-state index in [0.29, 0.717) is 0 Å². The number of pyridine rings is 1. The molecule has 262 valence electrons. The van der Waals surface area contributed by atoms with Crippen molar-refractivity contribution in [1.82, 2.24) is 4.98 Å². The minimum atomic E-state index is 0.00443. The maximum atomic E-state index is 5.29. The maximum absolute atomic E-state index is 5.29. The number of aliphatic imine (C=N–C) groups is 2. The molecule has 4 heteroatoms. The number of benzene rings is 7. The summed E-state index contributed by atoms with van der Waals surface area (Å²) in [6, 6.07) is 65.0. The first-order valence-electron chi connectivity index (χ1n) is 19.0. The summed E-state index contributed by atoms with van der Waals surface area (Å²) in [4.78, 5) is 15.6. The van der Waals surface area contributed by atoms with E-state index in [1.807, 2.05) is 23.5 Å². The Morgan fingerprint density at radius 3 is 1.76 bits per heavy atom. The summed E-state index contributed by atoms with van der Waals surface area (Å²) in [6.07, 6.45) is 0.947. The fourth-order valence-electron chi connectivity index (χ4n) is 8.02. The van der Waals surface area contributed by atoms with Gasteiger partial charge in [-0.05, 0) is 70.1 Å². The Bertz CT molecular complexity index is 2890. The molecule has 2 atom stereocenters. The molecular formula is C51H37N3S. The van der Waals surface area contributed by atoms with Gasteiger partial charge < -0.3 is 0 Å². The van der Waals surface area contributed by atoms with E-state index < -0.39 is 0 Å². The van der Waals surface area contributed by atoms with Crippen LogP contribution in [0.1, 0.15) is 36.1 Å². The van der Waals surface area contributed by atoms with E-state index in [0.717, 1.165) is 45.7 Å². The average molecular weight is 724 g/mol. The van der Waals surface area contributed by atoms with Crippen molar-refractivity contribution in [3.05, 3.63) is 199 Å². The second kappa shape index (κ2) is 14.1. The van der Waals surface area contributed by atoms with Gasteiger partial charge in [-0.2, -0.15) is 0 Å². The van der Waals surface area contributed by atoms with Crippen LogP contribution in [0.4, 0.5) is 0 Å². The number of amidine groups is 1. The Labute approximate surface area is 325 Å². The van der Waals surface area contributed by atoms with Crippen molar-refractivity contribution in [3.8, 4) is 33.5 Å². The van der Waals surface area contributed by atoms with E-state index >= 15 is 0 Å². The van der Waals surface area contributed by atoms with Crippen LogP contribution in [-0.2, 0) is 0 Å². The highest BCUT2D eigenvalue weighted by molar-refractivity contribution is 7.25. The van der Waals surface area contributed by atoms with Gasteiger partial charge in [0.25, 0.3) is 0 Å². The topological polar surface area (TPSA) is 37.6 Å². The Balaban J connectivity index is 0.967. The van der Waals surface area contributed by atoms with Crippen molar-refractivity contribution in [2.75, 3.05) is 0 Å². The van der Waals surface area contributed by atoms with E-state index in [-0.39, 0.29) is 12.0 Å². The molecule has 0 N–H and O–H groups in total. The molecule has 0 saturated heterocycles. The van der Waals surface area contributed by atoms with Crippen LogP contribution in [0.2, 0.25) is 0 Å². The molecule has 0 fully saturated rings. The molecule has 3 nitrogen and oxygen atoms in total. The van der Waals surface area contributed by atoms with Crippen molar-refractivity contribution in [2.45, 2.75) is 19.4 Å². The number of aromatic nitrogens is 1. The summed E-state index contributed by atoms with van der Waals surface area (Å²) < 4.78 is 2.55. The Morgan fingerprint density at radius 1 is 0.491 bits per heavy atom. The molecule has 1 aliphatic heterocycles. The molecule has 0 amide bonds. The lowest BCUT2D eigenvalue weighted by Crippen LogP contribution is -2.28. The molecule has 0 spiro atoms.